The van der Waals surface area contributed by atoms with Gasteiger partial charge in [-0.15, -0.1) is 0 Å². The molecule has 0 fully saturated rings. The Balaban J connectivity index is 3.18. The number of carbonyl (C=O) groups is 1. The Hall–Kier alpha value is -0.770. The maximum Gasteiger partial charge on any atom is 0.505 e. The van der Waals surface area contributed by atoms with Gasteiger partial charge in [0, 0.05) is 6.61 Å². The molecule has 0 saturated heterocycles. The van der Waals surface area contributed by atoms with Crippen LogP contribution < -0.4 is 0 Å². The van der Waals surface area contributed by atoms with E-state index in [1.165, 1.54) is 0 Å². The molecule has 1 N–H and O–H groups in total. The largest absolute Gasteiger partial charge is 0.505 e. The number of carboxylic acid groups (broad SMARTS) is 1. The van der Waals surface area contributed by atoms with Crippen molar-refractivity contribution < 1.29 is 19.4 Å². The average molecular weight is 204 g/mol. The molecule has 0 rings (SSSR count). The highest BCUT2D eigenvalue weighted by molar-refractivity contribution is 5.56. The van der Waals surface area contributed by atoms with Crippen molar-refractivity contribution in [3.63, 3.8) is 0 Å². The summed E-state index contributed by atoms with van der Waals surface area (Å²) in [6.45, 7) is 5.17. The van der Waals surface area contributed by atoms with Crippen LogP contribution in [0.3, 0.4) is 0 Å². The average Bonchev–Trinajstić information content (AvgIpc) is 2.13. The molecule has 0 aliphatic heterocycles. The number of rotatable bonds is 8. The van der Waals surface area contributed by atoms with E-state index in [1.807, 2.05) is 6.92 Å². The molecule has 1 unspecified atom stereocenters. The van der Waals surface area contributed by atoms with Gasteiger partial charge >= 0.3 is 6.16 Å². The third kappa shape index (κ3) is 9.32. The van der Waals surface area contributed by atoms with Crippen LogP contribution in [0, 0.1) is 0 Å². The maximum absolute atomic E-state index is 10.0. The summed E-state index contributed by atoms with van der Waals surface area (Å²) in [4.78, 5) is 10.0. The lowest BCUT2D eigenvalue weighted by atomic mass is 10.2. The molecule has 0 aliphatic rings. The summed E-state index contributed by atoms with van der Waals surface area (Å²) < 4.78 is 9.87. The van der Waals surface area contributed by atoms with Crippen LogP contribution in [0.25, 0.3) is 0 Å². The minimum Gasteiger partial charge on any atom is -0.450 e. The van der Waals surface area contributed by atoms with Crippen LogP contribution in [0.5, 0.6) is 0 Å². The lowest BCUT2D eigenvalue weighted by Gasteiger charge is -2.11. The molecule has 0 aliphatic carbocycles. The van der Waals surface area contributed by atoms with Crippen molar-refractivity contribution in [2.75, 3.05) is 13.2 Å². The molecule has 4 heteroatoms. The molecule has 0 aromatic rings. The summed E-state index contributed by atoms with van der Waals surface area (Å²) in [6, 6.07) is 0. The fourth-order valence-electron chi connectivity index (χ4n) is 1.04. The molecular formula is C10H20O4. The summed E-state index contributed by atoms with van der Waals surface area (Å²) in [5, 5.41) is 8.20. The van der Waals surface area contributed by atoms with Gasteiger partial charge in [-0.2, -0.15) is 0 Å². The van der Waals surface area contributed by atoms with Gasteiger partial charge in [0.05, 0.1) is 12.7 Å². The molecule has 1 atom stereocenters. The normalized spacial score (nSPS) is 12.4. The predicted molar refractivity (Wildman–Crippen MR) is 53.5 cm³/mol. The van der Waals surface area contributed by atoms with Crippen molar-refractivity contribution in [1.82, 2.24) is 0 Å². The first-order valence-electron chi connectivity index (χ1n) is 5.14. The van der Waals surface area contributed by atoms with Gasteiger partial charge in [-0.05, 0) is 26.2 Å². The molecule has 84 valence electrons. The first-order chi connectivity index (χ1) is 6.66. The molecule has 0 aromatic heterocycles. The van der Waals surface area contributed by atoms with Crippen LogP contribution in [0.15, 0.2) is 0 Å². The summed E-state index contributed by atoms with van der Waals surface area (Å²) in [5.74, 6) is 0. The molecule has 0 spiro atoms. The van der Waals surface area contributed by atoms with E-state index in [0.717, 1.165) is 32.3 Å². The van der Waals surface area contributed by atoms with E-state index >= 15 is 0 Å². The van der Waals surface area contributed by atoms with Gasteiger partial charge in [-0.3, -0.25) is 0 Å². The topological polar surface area (TPSA) is 55.8 Å². The second-order valence-electron chi connectivity index (χ2n) is 3.29. The molecule has 0 bridgehead atoms. The summed E-state index contributed by atoms with van der Waals surface area (Å²) in [7, 11) is 0. The predicted octanol–water partition coefficient (Wildman–Crippen LogP) is 2.67. The van der Waals surface area contributed by atoms with Crippen molar-refractivity contribution in [3.8, 4) is 0 Å². The van der Waals surface area contributed by atoms with Crippen LogP contribution in [0.1, 0.15) is 39.5 Å². The molecule has 4 nitrogen and oxygen atoms in total. The zero-order valence-electron chi connectivity index (χ0n) is 8.99. The van der Waals surface area contributed by atoms with Crippen molar-refractivity contribution in [3.05, 3.63) is 0 Å². The maximum atomic E-state index is 10.0. The highest BCUT2D eigenvalue weighted by atomic mass is 16.7. The van der Waals surface area contributed by atoms with Gasteiger partial charge in [-0.25, -0.2) is 4.79 Å². The highest BCUT2D eigenvalue weighted by Crippen LogP contribution is 2.03. The molecule has 14 heavy (non-hydrogen) atoms. The van der Waals surface area contributed by atoms with Gasteiger partial charge in [0.1, 0.15) is 0 Å². The summed E-state index contributed by atoms with van der Waals surface area (Å²) in [5.41, 5.74) is 0. The second-order valence-corrected chi connectivity index (χ2v) is 3.29. The Morgan fingerprint density at radius 2 is 2.07 bits per heavy atom. The van der Waals surface area contributed by atoms with E-state index in [1.54, 1.807) is 0 Å². The molecule has 0 amide bonds. The van der Waals surface area contributed by atoms with E-state index in [0.29, 0.717) is 0 Å². The molecule has 0 saturated carbocycles. The Morgan fingerprint density at radius 1 is 1.36 bits per heavy atom. The van der Waals surface area contributed by atoms with Crippen molar-refractivity contribution in [2.24, 2.45) is 0 Å². The van der Waals surface area contributed by atoms with E-state index in [2.05, 4.69) is 11.7 Å². The van der Waals surface area contributed by atoms with Crippen LogP contribution in [0.2, 0.25) is 0 Å². The van der Waals surface area contributed by atoms with E-state index in [-0.39, 0.29) is 12.7 Å². The third-order valence-electron chi connectivity index (χ3n) is 1.88. The molecule has 0 radical (unpaired) electrons. The quantitative estimate of drug-likeness (QED) is 0.488. The Morgan fingerprint density at radius 3 is 2.64 bits per heavy atom. The first kappa shape index (κ1) is 13.2. The smallest absolute Gasteiger partial charge is 0.450 e. The Labute approximate surface area is 85.2 Å². The van der Waals surface area contributed by atoms with E-state index in [9.17, 15) is 4.79 Å². The Kier molecular flexibility index (Phi) is 8.33. The first-order valence-corrected chi connectivity index (χ1v) is 5.14. The van der Waals surface area contributed by atoms with E-state index in [4.69, 9.17) is 9.84 Å². The van der Waals surface area contributed by atoms with Crippen molar-refractivity contribution in [2.45, 2.75) is 45.6 Å². The van der Waals surface area contributed by atoms with E-state index < -0.39 is 6.16 Å². The van der Waals surface area contributed by atoms with Gasteiger partial charge in [-0.1, -0.05) is 13.3 Å². The molecule has 0 aromatic carbocycles. The van der Waals surface area contributed by atoms with Crippen LogP contribution >= 0.6 is 0 Å². The van der Waals surface area contributed by atoms with Crippen LogP contribution in [-0.2, 0) is 9.47 Å². The fraction of sp³-hybridized carbons (Fsp3) is 0.900. The van der Waals surface area contributed by atoms with Crippen molar-refractivity contribution in [1.29, 1.82) is 0 Å². The van der Waals surface area contributed by atoms with Crippen LogP contribution in [0.4, 0.5) is 4.79 Å². The second kappa shape index (κ2) is 8.81. The number of hydrogen-bond donors (Lipinski definition) is 1. The monoisotopic (exact) mass is 204 g/mol. The standard InChI is InChI=1S/C10H20O4/c1-3-4-7-13-9(2)6-5-8-14-10(11)12/h9H,3-8H2,1-2H3,(H,11,12). The molecular weight excluding hydrogens is 184 g/mol. The SMILES string of the molecule is CCCCOC(C)CCCOC(=O)O. The minimum atomic E-state index is -1.20. The Bertz CT molecular complexity index is 147. The van der Waals surface area contributed by atoms with Gasteiger partial charge in [0.15, 0.2) is 0 Å². The lowest BCUT2D eigenvalue weighted by molar-refractivity contribution is 0.0471. The lowest BCUT2D eigenvalue weighted by Crippen LogP contribution is -2.11. The zero-order valence-corrected chi connectivity index (χ0v) is 8.99. The van der Waals surface area contributed by atoms with Crippen molar-refractivity contribution >= 4 is 6.16 Å². The third-order valence-corrected chi connectivity index (χ3v) is 1.88. The summed E-state index contributed by atoms with van der Waals surface area (Å²) in [6.07, 6.45) is 2.77. The zero-order chi connectivity index (χ0) is 10.8. The molecule has 0 heterocycles. The fourth-order valence-corrected chi connectivity index (χ4v) is 1.04. The highest BCUT2D eigenvalue weighted by Gasteiger charge is 2.02. The summed E-state index contributed by atoms with van der Waals surface area (Å²) >= 11 is 0. The van der Waals surface area contributed by atoms with Gasteiger partial charge < -0.3 is 14.6 Å². The number of unbranched alkanes of at least 4 members (excludes halogenated alkanes) is 1. The minimum absolute atomic E-state index is 0.193. The van der Waals surface area contributed by atoms with Gasteiger partial charge in [0.25, 0.3) is 0 Å². The van der Waals surface area contributed by atoms with Gasteiger partial charge in [0.2, 0.25) is 0 Å². The number of hydrogen-bond acceptors (Lipinski definition) is 3. The number of ether oxygens (including phenoxy) is 2. The van der Waals surface area contributed by atoms with Crippen LogP contribution in [-0.4, -0.2) is 30.6 Å².